The summed E-state index contributed by atoms with van der Waals surface area (Å²) < 4.78 is 0. The van der Waals surface area contributed by atoms with Gasteiger partial charge in [-0.25, -0.2) is 0 Å². The second-order valence-electron chi connectivity index (χ2n) is 3.50. The van der Waals surface area contributed by atoms with Gasteiger partial charge in [-0.2, -0.15) is 0 Å². The molecule has 0 aliphatic rings. The molecule has 0 radical (unpaired) electrons. The van der Waals surface area contributed by atoms with Crippen molar-refractivity contribution in [3.05, 3.63) is 51.0 Å². The number of nitro groups is 4. The molecule has 0 fully saturated rings. The van der Waals surface area contributed by atoms with E-state index in [1.165, 1.54) is 0 Å². The fraction of sp³-hybridized carbons (Fsp3) is 0.143. The summed E-state index contributed by atoms with van der Waals surface area (Å²) in [4.78, 5) is 40.1. The summed E-state index contributed by atoms with van der Waals surface area (Å²) in [5.74, 6) is 0. The minimum atomic E-state index is -1.73. The van der Waals surface area contributed by atoms with Gasteiger partial charge in [-0.3, -0.25) is 40.5 Å². The Morgan fingerprint density at radius 1 is 0.762 bits per heavy atom. The van der Waals surface area contributed by atoms with E-state index in [1.54, 1.807) is 0 Å². The maximum absolute atomic E-state index is 10.9. The third-order valence-corrected chi connectivity index (χ3v) is 2.44. The van der Waals surface area contributed by atoms with Crippen molar-refractivity contribution in [2.24, 2.45) is 0 Å². The summed E-state index contributed by atoms with van der Waals surface area (Å²) >= 11 is 0. The average Bonchev–Trinajstić information content (AvgIpc) is 2.35. The zero-order valence-electron chi connectivity index (χ0n) is 9.95. The standard InChI is InChI=1S/C7H3N6O8/c1-2-3(9-8)5(11(16)17)7(13(20)21)6(12(18)19)4(2)10(14)15/h1H3/q+1. The molecule has 14 heteroatoms. The first-order valence-electron chi connectivity index (χ1n) is 4.78. The van der Waals surface area contributed by atoms with E-state index >= 15 is 0 Å². The van der Waals surface area contributed by atoms with Gasteiger partial charge in [0.05, 0.1) is 19.7 Å². The molecule has 0 heterocycles. The SMILES string of the molecule is Cc1c([N+]#N)c([N+](=O)[O-])c([N+](=O)[O-])c([N+](=O)[O-])c1[N+](=O)[O-]. The Labute approximate surface area is 112 Å². The lowest BCUT2D eigenvalue weighted by Crippen LogP contribution is -2.06. The Morgan fingerprint density at radius 3 is 1.38 bits per heavy atom. The molecule has 0 bridgehead atoms. The Kier molecular flexibility index (Phi) is 3.70. The maximum Gasteiger partial charge on any atom is 0.479 e. The van der Waals surface area contributed by atoms with Gasteiger partial charge in [0, 0.05) is 0 Å². The van der Waals surface area contributed by atoms with E-state index in [0.29, 0.717) is 0 Å². The van der Waals surface area contributed by atoms with E-state index in [4.69, 9.17) is 5.39 Å². The fourth-order valence-electron chi connectivity index (χ4n) is 1.67. The average molecular weight is 299 g/mol. The number of rotatable bonds is 4. The number of hydrogen-bond acceptors (Lipinski definition) is 9. The third-order valence-electron chi connectivity index (χ3n) is 2.44. The quantitative estimate of drug-likeness (QED) is 0.453. The van der Waals surface area contributed by atoms with Crippen LogP contribution in [-0.4, -0.2) is 19.7 Å². The van der Waals surface area contributed by atoms with Crippen molar-refractivity contribution in [3.8, 4) is 0 Å². The zero-order valence-corrected chi connectivity index (χ0v) is 9.95. The highest BCUT2D eigenvalue weighted by Crippen LogP contribution is 2.51. The number of nitrogens with zero attached hydrogens (tertiary/aromatic N) is 6. The van der Waals surface area contributed by atoms with Crippen molar-refractivity contribution in [1.82, 2.24) is 0 Å². The molecule has 0 N–H and O–H groups in total. The number of benzene rings is 1. The van der Waals surface area contributed by atoms with Crippen LogP contribution in [0.1, 0.15) is 5.56 Å². The second-order valence-corrected chi connectivity index (χ2v) is 3.50. The Balaban J connectivity index is 4.26. The minimum Gasteiger partial charge on any atom is -0.258 e. The molecule has 1 aromatic rings. The highest BCUT2D eigenvalue weighted by atomic mass is 16.7. The van der Waals surface area contributed by atoms with Gasteiger partial charge in [-0.1, -0.05) is 0 Å². The van der Waals surface area contributed by atoms with Crippen LogP contribution in [0.15, 0.2) is 0 Å². The van der Waals surface area contributed by atoms with Gasteiger partial charge in [0.1, 0.15) is 5.56 Å². The fourth-order valence-corrected chi connectivity index (χ4v) is 1.67. The molecule has 21 heavy (non-hydrogen) atoms. The third kappa shape index (κ3) is 2.25. The van der Waals surface area contributed by atoms with Gasteiger partial charge < -0.3 is 0 Å². The highest BCUT2D eigenvalue weighted by Gasteiger charge is 2.53. The van der Waals surface area contributed by atoms with Crippen LogP contribution >= 0.6 is 0 Å². The van der Waals surface area contributed by atoms with Gasteiger partial charge in [-0.15, -0.1) is 0 Å². The van der Waals surface area contributed by atoms with Crippen molar-refractivity contribution < 1.29 is 19.7 Å². The van der Waals surface area contributed by atoms with E-state index in [-0.39, 0.29) is 0 Å². The Hall–Kier alpha value is -3.76. The van der Waals surface area contributed by atoms with Crippen LogP contribution in [0.4, 0.5) is 28.4 Å². The van der Waals surface area contributed by atoms with Gasteiger partial charge in [0.25, 0.3) is 0 Å². The van der Waals surface area contributed by atoms with Crippen LogP contribution < -0.4 is 0 Å². The lowest BCUT2D eigenvalue weighted by Gasteiger charge is -1.99. The Bertz CT molecular complexity index is 749. The van der Waals surface area contributed by atoms with E-state index in [9.17, 15) is 40.5 Å². The molecule has 0 spiro atoms. The van der Waals surface area contributed by atoms with E-state index in [2.05, 4.69) is 4.98 Å². The van der Waals surface area contributed by atoms with Crippen molar-refractivity contribution in [2.45, 2.75) is 6.92 Å². The summed E-state index contributed by atoms with van der Waals surface area (Å²) in [6, 6.07) is 0. The molecule has 0 aromatic heterocycles. The van der Waals surface area contributed by atoms with Gasteiger partial charge >= 0.3 is 28.4 Å². The molecule has 108 valence electrons. The minimum absolute atomic E-state index is 0.744. The van der Waals surface area contributed by atoms with Gasteiger partial charge in [0.15, 0.2) is 4.98 Å². The second kappa shape index (κ2) is 5.08. The van der Waals surface area contributed by atoms with Crippen LogP contribution in [-0.2, 0) is 0 Å². The van der Waals surface area contributed by atoms with Crippen LogP contribution in [0.5, 0.6) is 0 Å². The summed E-state index contributed by atoms with van der Waals surface area (Å²) in [5, 5.41) is 52.1. The first kappa shape index (κ1) is 15.3. The molecule has 0 saturated carbocycles. The van der Waals surface area contributed by atoms with E-state index in [0.717, 1.165) is 6.92 Å². The summed E-state index contributed by atoms with van der Waals surface area (Å²) in [6.07, 6.45) is 0. The molecule has 0 saturated heterocycles. The van der Waals surface area contributed by atoms with Crippen molar-refractivity contribution >= 4 is 28.4 Å². The molecule has 0 amide bonds. The largest absolute Gasteiger partial charge is 0.479 e. The molecular formula is C7H3N6O8+. The number of nitro benzene ring substituents is 4. The summed E-state index contributed by atoms with van der Waals surface area (Å²) in [6.45, 7) is 0.830. The number of hydrogen-bond donors (Lipinski definition) is 0. The smallest absolute Gasteiger partial charge is 0.258 e. The molecule has 0 atom stereocenters. The van der Waals surface area contributed by atoms with Crippen LogP contribution in [0.25, 0.3) is 4.98 Å². The predicted molar refractivity (Wildman–Crippen MR) is 62.5 cm³/mol. The molecule has 0 unspecified atom stereocenters. The topological polar surface area (TPSA) is 201 Å². The molecule has 0 aliphatic heterocycles. The number of diazo groups is 1. The molecule has 14 nitrogen and oxygen atoms in total. The normalized spacial score (nSPS) is 9.71. The lowest BCUT2D eigenvalue weighted by molar-refractivity contribution is -0.451. The maximum atomic E-state index is 10.9. The first-order valence-corrected chi connectivity index (χ1v) is 4.78. The highest BCUT2D eigenvalue weighted by molar-refractivity contribution is 5.88. The van der Waals surface area contributed by atoms with Crippen LogP contribution in [0.2, 0.25) is 0 Å². The zero-order chi connectivity index (χ0) is 16.5. The first-order chi connectivity index (χ1) is 9.64. The van der Waals surface area contributed by atoms with Crippen molar-refractivity contribution in [1.29, 1.82) is 5.39 Å². The van der Waals surface area contributed by atoms with E-state index < -0.39 is 53.7 Å². The van der Waals surface area contributed by atoms with Gasteiger partial charge in [-0.05, 0) is 6.92 Å². The molecular weight excluding hydrogens is 296 g/mol. The van der Waals surface area contributed by atoms with Gasteiger partial charge in [0.2, 0.25) is 5.39 Å². The molecule has 1 aromatic carbocycles. The van der Waals surface area contributed by atoms with Crippen LogP contribution in [0.3, 0.4) is 0 Å². The van der Waals surface area contributed by atoms with E-state index in [1.807, 2.05) is 0 Å². The predicted octanol–water partition coefficient (Wildman–Crippen LogP) is 2.11. The summed E-state index contributed by atoms with van der Waals surface area (Å²) in [5.41, 5.74) is -8.07. The van der Waals surface area contributed by atoms with Crippen LogP contribution in [0, 0.1) is 52.8 Å². The Morgan fingerprint density at radius 2 is 1.10 bits per heavy atom. The van der Waals surface area contributed by atoms with Crippen molar-refractivity contribution in [2.75, 3.05) is 0 Å². The van der Waals surface area contributed by atoms with Crippen molar-refractivity contribution in [3.63, 3.8) is 0 Å². The monoisotopic (exact) mass is 299 g/mol. The molecule has 1 rings (SSSR count). The summed E-state index contributed by atoms with van der Waals surface area (Å²) in [7, 11) is 0. The lowest BCUT2D eigenvalue weighted by atomic mass is 10.1. The molecule has 0 aliphatic carbocycles.